The van der Waals surface area contributed by atoms with Gasteiger partial charge in [0.2, 0.25) is 16.2 Å². The highest BCUT2D eigenvalue weighted by molar-refractivity contribution is 9.10. The van der Waals surface area contributed by atoms with Gasteiger partial charge in [0.25, 0.3) is 0 Å². The highest BCUT2D eigenvalue weighted by atomic mass is 79.9. The van der Waals surface area contributed by atoms with Crippen molar-refractivity contribution >= 4 is 83.9 Å². The van der Waals surface area contributed by atoms with E-state index in [2.05, 4.69) is 46.6 Å². The lowest BCUT2D eigenvalue weighted by Gasteiger charge is -2.11. The molecule has 0 saturated carbocycles. The molecule has 0 aliphatic heterocycles. The number of nitrogens with one attached hydrogen (secondary N) is 1. The van der Waals surface area contributed by atoms with Crippen LogP contribution in [0.25, 0.3) is 22.1 Å². The number of nitrogens with zero attached hydrogens (tertiary/aromatic N) is 6. The largest absolute Gasteiger partial charge is 0.327 e. The van der Waals surface area contributed by atoms with E-state index < -0.39 is 0 Å². The summed E-state index contributed by atoms with van der Waals surface area (Å²) in [6, 6.07) is 6.01. The Balaban J connectivity index is 1.55. The second-order valence-corrected chi connectivity index (χ2v) is 10.9. The lowest BCUT2D eigenvalue weighted by atomic mass is 10.2. The number of anilines is 1. The summed E-state index contributed by atoms with van der Waals surface area (Å²) < 4.78 is 3.81. The van der Waals surface area contributed by atoms with E-state index in [1.807, 2.05) is 43.7 Å². The average molecular weight is 524 g/mol. The van der Waals surface area contributed by atoms with Crippen LogP contribution in [0, 0.1) is 0 Å². The van der Waals surface area contributed by atoms with Gasteiger partial charge in [-0.05, 0) is 30.4 Å². The first-order chi connectivity index (χ1) is 14.5. The molecule has 30 heavy (non-hydrogen) atoms. The van der Waals surface area contributed by atoms with Crippen molar-refractivity contribution in [2.45, 2.75) is 35.0 Å². The molecule has 1 unspecified atom stereocenters. The fourth-order valence-corrected chi connectivity index (χ4v) is 5.77. The highest BCUT2D eigenvalue weighted by Gasteiger charge is 2.22. The number of carbonyl (C=O) groups excluding carboxylic acids is 1. The van der Waals surface area contributed by atoms with Gasteiger partial charge < -0.3 is 4.57 Å². The zero-order valence-electron chi connectivity index (χ0n) is 16.4. The van der Waals surface area contributed by atoms with Crippen LogP contribution in [-0.2, 0) is 11.8 Å². The van der Waals surface area contributed by atoms with Crippen molar-refractivity contribution < 1.29 is 4.79 Å². The van der Waals surface area contributed by atoms with Crippen LogP contribution >= 0.6 is 50.8 Å². The van der Waals surface area contributed by atoms with Crippen molar-refractivity contribution in [3.63, 3.8) is 0 Å². The molecule has 0 spiro atoms. The number of aryl methyl sites for hydroxylation is 1. The zero-order valence-corrected chi connectivity index (χ0v) is 20.5. The fraction of sp³-hybridized carbons (Fsp3) is 0.333. The van der Waals surface area contributed by atoms with Gasteiger partial charge in [-0.25, -0.2) is 4.98 Å². The Morgan fingerprint density at radius 2 is 2.10 bits per heavy atom. The molecule has 1 atom stereocenters. The van der Waals surface area contributed by atoms with E-state index in [4.69, 9.17) is 0 Å². The van der Waals surface area contributed by atoms with E-state index in [0.29, 0.717) is 16.7 Å². The maximum Gasteiger partial charge on any atom is 0.239 e. The molecule has 0 aliphatic carbocycles. The van der Waals surface area contributed by atoms with E-state index in [-0.39, 0.29) is 11.2 Å². The topological polar surface area (TPSA) is 98.5 Å². The van der Waals surface area contributed by atoms with Crippen LogP contribution in [0.5, 0.6) is 0 Å². The number of benzene rings is 1. The molecular formula is C18H18BrN7OS3. The SMILES string of the molecule is CCSc1nnc(NC(=O)C(CC)Sc2nnc3c4cc(Br)ccc4n(C)c3n2)s1. The molecule has 0 bridgehead atoms. The lowest BCUT2D eigenvalue weighted by molar-refractivity contribution is -0.115. The molecule has 8 nitrogen and oxygen atoms in total. The third kappa shape index (κ3) is 4.32. The molecule has 4 aromatic rings. The van der Waals surface area contributed by atoms with Crippen molar-refractivity contribution in [2.24, 2.45) is 7.05 Å². The van der Waals surface area contributed by atoms with Gasteiger partial charge >= 0.3 is 0 Å². The van der Waals surface area contributed by atoms with E-state index in [9.17, 15) is 4.79 Å². The first-order valence-corrected chi connectivity index (χ1v) is 12.7. The third-order valence-corrected chi connectivity index (χ3v) is 7.92. The van der Waals surface area contributed by atoms with Gasteiger partial charge in [-0.15, -0.1) is 20.4 Å². The van der Waals surface area contributed by atoms with E-state index >= 15 is 0 Å². The number of hydrogen-bond acceptors (Lipinski definition) is 9. The summed E-state index contributed by atoms with van der Waals surface area (Å²) in [7, 11) is 1.95. The molecule has 3 heterocycles. The van der Waals surface area contributed by atoms with Crippen molar-refractivity contribution in [2.75, 3.05) is 11.1 Å². The second kappa shape index (κ2) is 9.16. The number of fused-ring (bicyclic) bond motifs is 3. The number of rotatable bonds is 7. The minimum Gasteiger partial charge on any atom is -0.327 e. The van der Waals surface area contributed by atoms with E-state index in [1.165, 1.54) is 23.1 Å². The minimum atomic E-state index is -0.362. The summed E-state index contributed by atoms with van der Waals surface area (Å²) in [5, 5.41) is 21.2. The molecule has 4 rings (SSSR count). The van der Waals surface area contributed by atoms with Crippen LogP contribution in [-0.4, -0.2) is 46.9 Å². The molecule has 156 valence electrons. The van der Waals surface area contributed by atoms with Crippen molar-refractivity contribution in [1.82, 2.24) is 29.9 Å². The predicted octanol–water partition coefficient (Wildman–Crippen LogP) is 4.75. The van der Waals surface area contributed by atoms with Crippen molar-refractivity contribution in [3.05, 3.63) is 22.7 Å². The van der Waals surface area contributed by atoms with Crippen LogP contribution in [0.2, 0.25) is 0 Å². The molecule has 1 N–H and O–H groups in total. The second-order valence-electron chi connectivity index (χ2n) is 6.30. The normalized spacial score (nSPS) is 12.5. The van der Waals surface area contributed by atoms with Crippen LogP contribution < -0.4 is 5.32 Å². The quantitative estimate of drug-likeness (QED) is 0.273. The van der Waals surface area contributed by atoms with Gasteiger partial charge in [0, 0.05) is 16.9 Å². The maximum atomic E-state index is 12.7. The van der Waals surface area contributed by atoms with Crippen LogP contribution in [0.3, 0.4) is 0 Å². The predicted molar refractivity (Wildman–Crippen MR) is 126 cm³/mol. The lowest BCUT2D eigenvalue weighted by Crippen LogP contribution is -2.24. The van der Waals surface area contributed by atoms with Gasteiger partial charge in [0.05, 0.1) is 10.8 Å². The molecule has 1 aromatic carbocycles. The zero-order chi connectivity index (χ0) is 21.3. The van der Waals surface area contributed by atoms with Crippen LogP contribution in [0.4, 0.5) is 5.13 Å². The average Bonchev–Trinajstić information content (AvgIpc) is 3.28. The van der Waals surface area contributed by atoms with E-state index in [0.717, 1.165) is 36.6 Å². The van der Waals surface area contributed by atoms with Gasteiger partial charge in [-0.3, -0.25) is 10.1 Å². The summed E-state index contributed by atoms with van der Waals surface area (Å²) in [6.45, 7) is 4.00. The Morgan fingerprint density at radius 3 is 2.87 bits per heavy atom. The number of hydrogen-bond donors (Lipinski definition) is 1. The summed E-state index contributed by atoms with van der Waals surface area (Å²) in [6.07, 6.45) is 0.620. The number of aromatic nitrogens is 6. The van der Waals surface area contributed by atoms with Gasteiger partial charge in [-0.2, -0.15) is 0 Å². The first kappa shape index (κ1) is 21.5. The molecule has 0 saturated heterocycles. The Bertz CT molecular complexity index is 1230. The maximum absolute atomic E-state index is 12.7. The first-order valence-electron chi connectivity index (χ1n) is 9.22. The van der Waals surface area contributed by atoms with Crippen molar-refractivity contribution in [3.8, 4) is 0 Å². The highest BCUT2D eigenvalue weighted by Crippen LogP contribution is 2.31. The Kier molecular flexibility index (Phi) is 6.56. The van der Waals surface area contributed by atoms with Crippen molar-refractivity contribution in [1.29, 1.82) is 0 Å². The standard InChI is InChI=1S/C18H18BrN7OS3/c1-4-12(15(27)21-17-24-25-18(30-17)28-5-2)29-16-20-14-13(22-23-16)10-8-9(19)6-7-11(10)26(14)3/h6-8,12H,4-5H2,1-3H3,(H,21,24,27). The molecule has 3 aromatic heterocycles. The summed E-state index contributed by atoms with van der Waals surface area (Å²) in [5.41, 5.74) is 2.51. The smallest absolute Gasteiger partial charge is 0.239 e. The van der Waals surface area contributed by atoms with Gasteiger partial charge in [0.15, 0.2) is 9.99 Å². The number of thioether (sulfide) groups is 2. The van der Waals surface area contributed by atoms with Gasteiger partial charge in [0.1, 0.15) is 5.52 Å². The van der Waals surface area contributed by atoms with Crippen LogP contribution in [0.1, 0.15) is 20.3 Å². The molecule has 0 aliphatic rings. The molecular weight excluding hydrogens is 506 g/mol. The monoisotopic (exact) mass is 523 g/mol. The fourth-order valence-electron chi connectivity index (χ4n) is 2.94. The summed E-state index contributed by atoms with van der Waals surface area (Å²) in [5.74, 6) is 0.768. The van der Waals surface area contributed by atoms with Gasteiger partial charge in [-0.1, -0.05) is 64.6 Å². The molecule has 12 heteroatoms. The Hall–Kier alpha value is -1.76. The Morgan fingerprint density at radius 1 is 1.27 bits per heavy atom. The number of amides is 1. The molecule has 0 fully saturated rings. The minimum absolute atomic E-state index is 0.142. The molecule has 0 radical (unpaired) electrons. The Labute approximate surface area is 193 Å². The third-order valence-electron chi connectivity index (χ3n) is 4.36. The van der Waals surface area contributed by atoms with Crippen LogP contribution in [0.15, 0.2) is 32.2 Å². The summed E-state index contributed by atoms with van der Waals surface area (Å²) in [4.78, 5) is 17.4. The molecule has 1 amide bonds. The summed E-state index contributed by atoms with van der Waals surface area (Å²) >= 11 is 7.78. The number of carbonyl (C=O) groups is 1. The van der Waals surface area contributed by atoms with E-state index in [1.54, 1.807) is 11.8 Å². The number of halogens is 1.